The smallest absolute Gasteiger partial charge is 0.297 e. The van der Waals surface area contributed by atoms with Gasteiger partial charge in [-0.3, -0.25) is 8.98 Å². The van der Waals surface area contributed by atoms with Crippen LogP contribution < -0.4 is 0 Å². The maximum absolute atomic E-state index is 12.4. The van der Waals surface area contributed by atoms with Gasteiger partial charge in [-0.1, -0.05) is 87.3 Å². The summed E-state index contributed by atoms with van der Waals surface area (Å²) in [7, 11) is -4.02. The predicted molar refractivity (Wildman–Crippen MR) is 137 cm³/mol. The van der Waals surface area contributed by atoms with Crippen LogP contribution in [-0.2, 0) is 28.6 Å². The second-order valence-electron chi connectivity index (χ2n) is 6.91. The van der Waals surface area contributed by atoms with Crippen LogP contribution in [0, 0.1) is 6.92 Å². The van der Waals surface area contributed by atoms with Crippen molar-refractivity contribution < 1.29 is 26.9 Å². The minimum absolute atomic E-state index is 0.0000668. The van der Waals surface area contributed by atoms with Gasteiger partial charge in [0.1, 0.15) is 0 Å². The number of thiol groups is 1. The molecule has 1 rings (SSSR count). The van der Waals surface area contributed by atoms with Crippen LogP contribution in [0.15, 0.2) is 40.3 Å². The second kappa shape index (κ2) is 13.7. The number of benzene rings is 1. The third-order valence-electron chi connectivity index (χ3n) is 4.01. The molecule has 0 amide bonds. The Hall–Kier alpha value is 0.550. The lowest BCUT2D eigenvalue weighted by Crippen LogP contribution is -2.27. The summed E-state index contributed by atoms with van der Waals surface area (Å²) in [6.45, 7) is 2.37. The largest absolute Gasteiger partial charge is 0.348 e. The predicted octanol–water partition coefficient (Wildman–Crippen LogP) is 6.35. The van der Waals surface area contributed by atoms with Crippen molar-refractivity contribution in [2.45, 2.75) is 45.5 Å². The van der Waals surface area contributed by atoms with Gasteiger partial charge >= 0.3 is 0 Å². The van der Waals surface area contributed by atoms with E-state index in [9.17, 15) is 13.2 Å². The van der Waals surface area contributed by atoms with E-state index in [-0.39, 0.29) is 43.1 Å². The van der Waals surface area contributed by atoms with Gasteiger partial charge in [-0.15, -0.1) is 12.6 Å². The Morgan fingerprint density at radius 2 is 1.48 bits per heavy atom. The molecular formula is C19H22Cl6O6S2. The molecule has 0 unspecified atom stereocenters. The first-order chi connectivity index (χ1) is 15.0. The molecule has 6 nitrogen and oxygen atoms in total. The molecule has 0 bridgehead atoms. The van der Waals surface area contributed by atoms with Crippen molar-refractivity contribution in [1.82, 2.24) is 0 Å². The molecule has 0 fully saturated rings. The third-order valence-corrected chi connectivity index (χ3v) is 6.21. The van der Waals surface area contributed by atoms with Gasteiger partial charge in [0.05, 0.1) is 24.7 Å². The lowest BCUT2D eigenvalue weighted by molar-refractivity contribution is -0.143. The van der Waals surface area contributed by atoms with Crippen LogP contribution in [0.25, 0.3) is 0 Å². The van der Waals surface area contributed by atoms with Crippen molar-refractivity contribution in [3.63, 3.8) is 0 Å². The van der Waals surface area contributed by atoms with E-state index in [0.29, 0.717) is 5.57 Å². The minimum atomic E-state index is -4.02. The molecule has 0 atom stereocenters. The number of ether oxygens (including phenoxy) is 2. The van der Waals surface area contributed by atoms with Crippen LogP contribution in [0.1, 0.15) is 25.3 Å². The highest BCUT2D eigenvalue weighted by Gasteiger charge is 2.27. The van der Waals surface area contributed by atoms with E-state index < -0.39 is 29.1 Å². The zero-order valence-electron chi connectivity index (χ0n) is 17.5. The summed E-state index contributed by atoms with van der Waals surface area (Å²) < 4.78 is 37.3. The molecule has 0 N–H and O–H groups in total. The topological polar surface area (TPSA) is 78.9 Å². The Kier molecular flexibility index (Phi) is 13.2. The van der Waals surface area contributed by atoms with Gasteiger partial charge < -0.3 is 9.47 Å². The standard InChI is InChI=1S/C19H22Cl6O6S2/c1-12-3-5-14(6-4-12)33(27,28)31-9-13(2)15(17(26)32)7-8-16(29-10-18(20,21)22)30-11-19(23,24)25/h3-6,16H,7-11H2,1-2H3,(H,26,32)/b15-13-. The summed E-state index contributed by atoms with van der Waals surface area (Å²) in [5, 5.41) is -0.578. The molecule has 0 aromatic heterocycles. The zero-order chi connectivity index (χ0) is 25.4. The average molecular weight is 623 g/mol. The van der Waals surface area contributed by atoms with E-state index in [1.165, 1.54) is 12.1 Å². The van der Waals surface area contributed by atoms with Crippen molar-refractivity contribution in [2.24, 2.45) is 0 Å². The maximum Gasteiger partial charge on any atom is 0.297 e. The van der Waals surface area contributed by atoms with E-state index in [4.69, 9.17) is 83.3 Å². The highest BCUT2D eigenvalue weighted by molar-refractivity contribution is 7.97. The summed E-state index contributed by atoms with van der Waals surface area (Å²) in [5.74, 6) is 0. The van der Waals surface area contributed by atoms with Crippen LogP contribution >= 0.6 is 82.2 Å². The molecule has 0 aliphatic carbocycles. The van der Waals surface area contributed by atoms with E-state index in [1.54, 1.807) is 19.1 Å². The number of carbonyl (C=O) groups is 1. The Balaban J connectivity index is 2.89. The number of alkyl halides is 6. The van der Waals surface area contributed by atoms with E-state index in [1.807, 2.05) is 6.92 Å². The fraction of sp³-hybridized carbons (Fsp3) is 0.526. The lowest BCUT2D eigenvalue weighted by atomic mass is 10.1. The summed E-state index contributed by atoms with van der Waals surface area (Å²) in [4.78, 5) is 12.1. The van der Waals surface area contributed by atoms with Gasteiger partial charge in [-0.2, -0.15) is 8.42 Å². The van der Waals surface area contributed by atoms with Crippen LogP contribution in [0.2, 0.25) is 0 Å². The SMILES string of the molecule is C/C(COS(=O)(=O)c1ccc(C)cc1)=C(\CCC(OCC(Cl)(Cl)Cl)OCC(Cl)(Cl)Cl)C(=O)S. The normalized spacial score (nSPS) is 13.9. The van der Waals surface area contributed by atoms with Gasteiger partial charge in [0.25, 0.3) is 10.1 Å². The molecule has 0 aliphatic rings. The summed E-state index contributed by atoms with van der Waals surface area (Å²) in [5.41, 5.74) is 1.46. The Morgan fingerprint density at radius 3 is 1.91 bits per heavy atom. The highest BCUT2D eigenvalue weighted by Crippen LogP contribution is 2.30. The number of carbonyl (C=O) groups excluding carboxylic acids is 1. The van der Waals surface area contributed by atoms with Crippen molar-refractivity contribution in [3.05, 3.63) is 41.0 Å². The van der Waals surface area contributed by atoms with Gasteiger partial charge in [0.15, 0.2) is 6.29 Å². The van der Waals surface area contributed by atoms with E-state index in [2.05, 4.69) is 12.6 Å². The van der Waals surface area contributed by atoms with Crippen LogP contribution in [0.3, 0.4) is 0 Å². The molecule has 0 aliphatic heterocycles. The average Bonchev–Trinajstić information content (AvgIpc) is 2.66. The van der Waals surface area contributed by atoms with Crippen molar-refractivity contribution in [3.8, 4) is 0 Å². The monoisotopic (exact) mass is 620 g/mol. The Morgan fingerprint density at radius 1 is 1.00 bits per heavy atom. The summed E-state index contributed by atoms with van der Waals surface area (Å²) >= 11 is 38.0. The van der Waals surface area contributed by atoms with E-state index >= 15 is 0 Å². The van der Waals surface area contributed by atoms with Gasteiger partial charge in [0, 0.05) is 12.0 Å². The molecule has 14 heteroatoms. The van der Waals surface area contributed by atoms with Crippen molar-refractivity contribution in [2.75, 3.05) is 19.8 Å². The van der Waals surface area contributed by atoms with Gasteiger partial charge in [-0.25, -0.2) is 0 Å². The molecule has 0 spiro atoms. The molecule has 33 heavy (non-hydrogen) atoms. The highest BCUT2D eigenvalue weighted by atomic mass is 35.6. The quantitative estimate of drug-likeness (QED) is 0.0962. The van der Waals surface area contributed by atoms with E-state index in [0.717, 1.165) is 5.56 Å². The zero-order valence-corrected chi connectivity index (χ0v) is 23.7. The summed E-state index contributed by atoms with van der Waals surface area (Å²) in [6, 6.07) is 6.16. The molecule has 0 heterocycles. The fourth-order valence-corrected chi connectivity index (χ4v) is 4.00. The first-order valence-electron chi connectivity index (χ1n) is 9.25. The lowest BCUT2D eigenvalue weighted by Gasteiger charge is -2.23. The van der Waals surface area contributed by atoms with Crippen LogP contribution in [0.4, 0.5) is 0 Å². The molecule has 188 valence electrons. The Labute approximate surface area is 229 Å². The summed E-state index contributed by atoms with van der Waals surface area (Å²) in [6.07, 6.45) is -0.832. The van der Waals surface area contributed by atoms with Crippen molar-refractivity contribution in [1.29, 1.82) is 0 Å². The maximum atomic E-state index is 12.4. The number of hydrogen-bond acceptors (Lipinski definition) is 6. The number of aryl methyl sites for hydroxylation is 1. The van der Waals surface area contributed by atoms with Gasteiger partial charge in [0.2, 0.25) is 12.7 Å². The number of halogens is 6. The van der Waals surface area contributed by atoms with Crippen molar-refractivity contribution >= 4 is 97.5 Å². The minimum Gasteiger partial charge on any atom is -0.348 e. The first kappa shape index (κ1) is 31.6. The molecule has 0 saturated carbocycles. The molecule has 0 radical (unpaired) electrons. The van der Waals surface area contributed by atoms with Crippen LogP contribution in [-0.4, -0.2) is 47.2 Å². The first-order valence-corrected chi connectivity index (χ1v) is 13.4. The third kappa shape index (κ3) is 13.4. The number of rotatable bonds is 12. The van der Waals surface area contributed by atoms with Crippen LogP contribution in [0.5, 0.6) is 0 Å². The molecular weight excluding hydrogens is 601 g/mol. The molecule has 1 aromatic rings. The Bertz CT molecular complexity index is 906. The fourth-order valence-electron chi connectivity index (χ4n) is 2.38. The second-order valence-corrected chi connectivity index (χ2v) is 14.0. The molecule has 1 aromatic carbocycles. The van der Waals surface area contributed by atoms with Gasteiger partial charge in [-0.05, 0) is 38.0 Å². The molecule has 0 saturated heterocycles. The number of hydrogen-bond donors (Lipinski definition) is 1.